The maximum absolute atomic E-state index is 12.6. The second-order valence-corrected chi connectivity index (χ2v) is 10.9. The highest BCUT2D eigenvalue weighted by Gasteiger charge is 2.44. The van der Waals surface area contributed by atoms with Gasteiger partial charge in [-0.05, 0) is 61.4 Å². The Morgan fingerprint density at radius 3 is 2.42 bits per heavy atom. The van der Waals surface area contributed by atoms with Crippen LogP contribution in [0.25, 0.3) is 0 Å². The van der Waals surface area contributed by atoms with E-state index in [9.17, 15) is 22.5 Å². The third-order valence-electron chi connectivity index (χ3n) is 6.69. The zero-order chi connectivity index (χ0) is 23.2. The number of hydrogen-bond donors (Lipinski definition) is 1. The zero-order valence-corrected chi connectivity index (χ0v) is 18.8. The van der Waals surface area contributed by atoms with Crippen molar-refractivity contribution in [2.45, 2.75) is 61.8 Å². The topological polar surface area (TPSA) is 82.4 Å². The number of nitrogens with zero attached hydrogens (tertiary/aromatic N) is 2. The fourth-order valence-corrected chi connectivity index (χ4v) is 6.08. The lowest BCUT2D eigenvalue weighted by Crippen LogP contribution is -2.41. The molecule has 0 radical (unpaired) electrons. The van der Waals surface area contributed by atoms with Gasteiger partial charge in [0.15, 0.2) is 0 Å². The Kier molecular flexibility index (Phi) is 5.65. The van der Waals surface area contributed by atoms with Crippen LogP contribution < -0.4 is 14.4 Å². The number of nitriles is 1. The SMILES string of the molecule is N#CC1c2ccc(OCC(F)F)cc2N(C2CCC2)C1c1ccc(NS(=O)(=O)C2CC2)cc1. The molecule has 2 unspecified atom stereocenters. The molecule has 5 rings (SSSR count). The van der Waals surface area contributed by atoms with Crippen LogP contribution in [0.4, 0.5) is 20.2 Å². The van der Waals surface area contributed by atoms with Crippen LogP contribution in [0.5, 0.6) is 5.75 Å². The summed E-state index contributed by atoms with van der Waals surface area (Å²) < 4.78 is 57.6. The monoisotopic (exact) mass is 473 g/mol. The summed E-state index contributed by atoms with van der Waals surface area (Å²) in [4.78, 5) is 2.23. The summed E-state index contributed by atoms with van der Waals surface area (Å²) in [7, 11) is -3.35. The molecular weight excluding hydrogens is 448 g/mol. The summed E-state index contributed by atoms with van der Waals surface area (Å²) in [5.41, 5.74) is 3.13. The van der Waals surface area contributed by atoms with Crippen molar-refractivity contribution >= 4 is 21.4 Å². The second-order valence-electron chi connectivity index (χ2n) is 8.93. The molecule has 1 aliphatic heterocycles. The Balaban J connectivity index is 1.45. The first-order valence-corrected chi connectivity index (χ1v) is 12.8. The Hall–Kier alpha value is -2.86. The first-order valence-electron chi connectivity index (χ1n) is 11.2. The lowest BCUT2D eigenvalue weighted by molar-refractivity contribution is 0.0819. The number of nitrogens with one attached hydrogen (secondary N) is 1. The van der Waals surface area contributed by atoms with Crippen molar-refractivity contribution < 1.29 is 21.9 Å². The molecule has 0 aromatic heterocycles. The molecule has 1 heterocycles. The van der Waals surface area contributed by atoms with Gasteiger partial charge < -0.3 is 9.64 Å². The van der Waals surface area contributed by atoms with E-state index in [0.29, 0.717) is 24.3 Å². The van der Waals surface area contributed by atoms with E-state index in [0.717, 1.165) is 36.1 Å². The van der Waals surface area contributed by atoms with Crippen LogP contribution in [0, 0.1) is 11.3 Å². The van der Waals surface area contributed by atoms with E-state index in [4.69, 9.17) is 4.74 Å². The summed E-state index contributed by atoms with van der Waals surface area (Å²) in [6.07, 6.45) is 1.92. The van der Waals surface area contributed by atoms with E-state index < -0.39 is 29.0 Å². The van der Waals surface area contributed by atoms with Crippen molar-refractivity contribution in [2.75, 3.05) is 16.2 Å². The van der Waals surface area contributed by atoms with E-state index in [1.807, 2.05) is 12.1 Å². The predicted molar refractivity (Wildman–Crippen MR) is 121 cm³/mol. The molecular formula is C24H25F2N3O3S. The van der Waals surface area contributed by atoms with Crippen LogP contribution in [-0.2, 0) is 10.0 Å². The number of fused-ring (bicyclic) bond motifs is 1. The molecule has 0 bridgehead atoms. The standard InChI is InChI=1S/C24H25F2N3O3S/c25-23(26)14-32-18-8-11-20-21(13-27)24(29(22(20)12-18)17-2-1-3-17)15-4-6-16(7-5-15)28-33(30,31)19-9-10-19/h4-8,11-12,17,19,21,23-24,28H,1-3,9-10,14H2. The fraction of sp³-hybridized carbons (Fsp3) is 0.458. The number of anilines is 2. The summed E-state index contributed by atoms with van der Waals surface area (Å²) in [6, 6.07) is 14.9. The van der Waals surface area contributed by atoms with E-state index >= 15 is 0 Å². The van der Waals surface area contributed by atoms with Crippen LogP contribution in [0.3, 0.4) is 0 Å². The fourth-order valence-electron chi connectivity index (χ4n) is 4.70. The van der Waals surface area contributed by atoms with Crippen molar-refractivity contribution in [2.24, 2.45) is 0 Å². The van der Waals surface area contributed by atoms with Crippen molar-refractivity contribution in [1.82, 2.24) is 0 Å². The van der Waals surface area contributed by atoms with Gasteiger partial charge in [0.2, 0.25) is 10.0 Å². The Labute approximate surface area is 192 Å². The maximum Gasteiger partial charge on any atom is 0.272 e. The highest BCUT2D eigenvalue weighted by atomic mass is 32.2. The second kappa shape index (κ2) is 8.49. The van der Waals surface area contributed by atoms with Gasteiger partial charge in [-0.1, -0.05) is 18.2 Å². The lowest BCUT2D eigenvalue weighted by atomic mass is 9.87. The van der Waals surface area contributed by atoms with Crippen molar-refractivity contribution in [3.63, 3.8) is 0 Å². The molecule has 1 N–H and O–H groups in total. The Morgan fingerprint density at radius 1 is 1.12 bits per heavy atom. The first kappa shape index (κ1) is 22.0. The number of hydrogen-bond acceptors (Lipinski definition) is 5. The van der Waals surface area contributed by atoms with Crippen LogP contribution in [0.1, 0.15) is 55.2 Å². The predicted octanol–water partition coefficient (Wildman–Crippen LogP) is 4.96. The molecule has 0 saturated heterocycles. The zero-order valence-electron chi connectivity index (χ0n) is 18.0. The molecule has 2 saturated carbocycles. The van der Waals surface area contributed by atoms with Crippen molar-refractivity contribution in [1.29, 1.82) is 5.26 Å². The summed E-state index contributed by atoms with van der Waals surface area (Å²) in [6.45, 7) is -0.675. The minimum Gasteiger partial charge on any atom is -0.488 e. The number of sulfonamides is 1. The number of halogens is 2. The minimum atomic E-state index is -3.35. The summed E-state index contributed by atoms with van der Waals surface area (Å²) >= 11 is 0. The average Bonchev–Trinajstić information content (AvgIpc) is 3.56. The smallest absolute Gasteiger partial charge is 0.272 e. The van der Waals surface area contributed by atoms with Crippen LogP contribution in [-0.4, -0.2) is 32.7 Å². The van der Waals surface area contributed by atoms with E-state index in [1.54, 1.807) is 30.3 Å². The van der Waals surface area contributed by atoms with E-state index in [-0.39, 0.29) is 17.3 Å². The summed E-state index contributed by atoms with van der Waals surface area (Å²) in [5.74, 6) is -0.0701. The first-order chi connectivity index (χ1) is 15.9. The van der Waals surface area contributed by atoms with E-state index in [2.05, 4.69) is 15.7 Å². The molecule has 0 spiro atoms. The van der Waals surface area contributed by atoms with Crippen molar-refractivity contribution in [3.8, 4) is 11.8 Å². The number of benzene rings is 2. The molecule has 6 nitrogen and oxygen atoms in total. The van der Waals surface area contributed by atoms with Gasteiger partial charge in [-0.3, -0.25) is 4.72 Å². The van der Waals surface area contributed by atoms with Gasteiger partial charge in [-0.2, -0.15) is 5.26 Å². The van der Waals surface area contributed by atoms with Gasteiger partial charge in [0, 0.05) is 23.5 Å². The quantitative estimate of drug-likeness (QED) is 0.586. The van der Waals surface area contributed by atoms with Gasteiger partial charge in [0.1, 0.15) is 12.4 Å². The number of alkyl halides is 2. The Morgan fingerprint density at radius 2 is 1.85 bits per heavy atom. The van der Waals surface area contributed by atoms with Crippen molar-refractivity contribution in [3.05, 3.63) is 53.6 Å². The van der Waals surface area contributed by atoms with Gasteiger partial charge in [-0.25, -0.2) is 17.2 Å². The van der Waals surface area contributed by atoms with Crippen LogP contribution >= 0.6 is 0 Å². The van der Waals surface area contributed by atoms with Gasteiger partial charge in [-0.15, -0.1) is 0 Å². The van der Waals surface area contributed by atoms with Gasteiger partial charge in [0.25, 0.3) is 6.43 Å². The Bertz CT molecular complexity index is 1170. The van der Waals surface area contributed by atoms with Crippen LogP contribution in [0.2, 0.25) is 0 Å². The largest absolute Gasteiger partial charge is 0.488 e. The molecule has 3 aliphatic rings. The molecule has 2 aromatic rings. The maximum atomic E-state index is 12.6. The third kappa shape index (κ3) is 4.24. The molecule has 0 amide bonds. The highest BCUT2D eigenvalue weighted by Crippen LogP contribution is 2.53. The average molecular weight is 474 g/mol. The minimum absolute atomic E-state index is 0.241. The third-order valence-corrected chi connectivity index (χ3v) is 8.56. The number of rotatable bonds is 8. The lowest BCUT2D eigenvalue weighted by Gasteiger charge is -2.41. The molecule has 2 atom stereocenters. The molecule has 2 aliphatic carbocycles. The van der Waals surface area contributed by atoms with Gasteiger partial charge >= 0.3 is 0 Å². The molecule has 9 heteroatoms. The normalized spacial score (nSPS) is 22.5. The number of ether oxygens (including phenoxy) is 1. The molecule has 2 aromatic carbocycles. The van der Waals surface area contributed by atoms with Gasteiger partial charge in [0.05, 0.1) is 23.3 Å². The van der Waals surface area contributed by atoms with Crippen LogP contribution in [0.15, 0.2) is 42.5 Å². The summed E-state index contributed by atoms with van der Waals surface area (Å²) in [5, 5.41) is 9.75. The van der Waals surface area contributed by atoms with E-state index in [1.165, 1.54) is 0 Å². The molecule has 2 fully saturated rings. The highest BCUT2D eigenvalue weighted by molar-refractivity contribution is 7.93. The molecule has 33 heavy (non-hydrogen) atoms. The molecule has 174 valence electrons.